The van der Waals surface area contributed by atoms with Crippen LogP contribution in [0.3, 0.4) is 0 Å². The highest BCUT2D eigenvalue weighted by molar-refractivity contribution is 5.82. The van der Waals surface area contributed by atoms with E-state index in [0.717, 1.165) is 12.8 Å². The quantitative estimate of drug-likeness (QED) is 0.363. The van der Waals surface area contributed by atoms with Crippen LogP contribution in [0.2, 0.25) is 0 Å². The van der Waals surface area contributed by atoms with Gasteiger partial charge in [0.15, 0.2) is 0 Å². The van der Waals surface area contributed by atoms with Gasteiger partial charge >= 0.3 is 5.97 Å². The first-order valence-electron chi connectivity index (χ1n) is 8.78. The molecule has 3 fully saturated rings. The van der Waals surface area contributed by atoms with Gasteiger partial charge in [-0.1, -0.05) is 31.6 Å². The van der Waals surface area contributed by atoms with Gasteiger partial charge in [0, 0.05) is 16.9 Å². The van der Waals surface area contributed by atoms with Crippen LogP contribution in [0.1, 0.15) is 40.5 Å². The van der Waals surface area contributed by atoms with Crippen LogP contribution in [0.15, 0.2) is 23.8 Å². The first-order chi connectivity index (χ1) is 11.3. The van der Waals surface area contributed by atoms with Crippen LogP contribution >= 0.6 is 0 Å². The summed E-state index contributed by atoms with van der Waals surface area (Å²) in [5.74, 6) is -0.422. The van der Waals surface area contributed by atoms with E-state index in [-0.39, 0.29) is 11.5 Å². The van der Waals surface area contributed by atoms with Crippen molar-refractivity contribution in [1.29, 1.82) is 0 Å². The van der Waals surface area contributed by atoms with Crippen LogP contribution in [-0.2, 0) is 19.0 Å². The molecule has 1 spiro atoms. The van der Waals surface area contributed by atoms with Gasteiger partial charge in [-0.15, -0.1) is 0 Å². The van der Waals surface area contributed by atoms with Crippen molar-refractivity contribution in [3.05, 3.63) is 23.8 Å². The van der Waals surface area contributed by atoms with Crippen molar-refractivity contribution in [2.24, 2.45) is 10.8 Å². The fourth-order valence-electron chi connectivity index (χ4n) is 5.37. The summed E-state index contributed by atoms with van der Waals surface area (Å²) >= 11 is 0. The molecular weight excluding hydrogens is 308 g/mol. The van der Waals surface area contributed by atoms with E-state index < -0.39 is 35.3 Å². The SMILES string of the molecule is C/C=C\C(=O)O[C@@H]1[C@H](O)[C@H]2O[C@@H]3C=C(C)CC[C@]3(C)[C@]1(C)[C@]21CO1. The topological polar surface area (TPSA) is 68.3 Å². The number of fused-ring (bicyclic) bond motifs is 2. The molecular formula is C19H26O5. The molecule has 0 radical (unpaired) electrons. The zero-order valence-corrected chi connectivity index (χ0v) is 14.7. The third-order valence-electron chi connectivity index (χ3n) is 7.11. The highest BCUT2D eigenvalue weighted by atomic mass is 16.6. The van der Waals surface area contributed by atoms with Crippen LogP contribution in [0.4, 0.5) is 0 Å². The second-order valence-corrected chi connectivity index (χ2v) is 8.14. The molecule has 5 nitrogen and oxygen atoms in total. The second-order valence-electron chi connectivity index (χ2n) is 8.14. The summed E-state index contributed by atoms with van der Waals surface area (Å²) in [5.41, 5.74) is 0.0295. The van der Waals surface area contributed by atoms with Gasteiger partial charge in [0.2, 0.25) is 0 Å². The molecule has 132 valence electrons. The molecule has 2 aliphatic heterocycles. The summed E-state index contributed by atoms with van der Waals surface area (Å²) in [7, 11) is 0. The minimum absolute atomic E-state index is 0.0869. The van der Waals surface area contributed by atoms with Crippen molar-refractivity contribution in [3.63, 3.8) is 0 Å². The molecule has 7 atom stereocenters. The molecule has 2 heterocycles. The highest BCUT2D eigenvalue weighted by Crippen LogP contribution is 2.71. The number of rotatable bonds is 2. The van der Waals surface area contributed by atoms with Crippen molar-refractivity contribution in [1.82, 2.24) is 0 Å². The van der Waals surface area contributed by atoms with Gasteiger partial charge in [0.1, 0.15) is 23.9 Å². The Morgan fingerprint density at radius 2 is 2.17 bits per heavy atom. The van der Waals surface area contributed by atoms with Crippen LogP contribution in [0.5, 0.6) is 0 Å². The van der Waals surface area contributed by atoms with Crippen molar-refractivity contribution in [2.75, 3.05) is 6.61 Å². The fourth-order valence-corrected chi connectivity index (χ4v) is 5.37. The first kappa shape index (κ1) is 16.3. The Balaban J connectivity index is 1.80. The minimum Gasteiger partial charge on any atom is -0.456 e. The van der Waals surface area contributed by atoms with E-state index in [1.54, 1.807) is 13.0 Å². The molecule has 2 saturated heterocycles. The van der Waals surface area contributed by atoms with E-state index in [1.807, 2.05) is 0 Å². The Labute approximate surface area is 142 Å². The number of esters is 1. The molecule has 24 heavy (non-hydrogen) atoms. The number of carbonyl (C=O) groups is 1. The van der Waals surface area contributed by atoms with E-state index in [4.69, 9.17) is 14.2 Å². The molecule has 1 N–H and O–H groups in total. The van der Waals surface area contributed by atoms with Crippen LogP contribution in [0.25, 0.3) is 0 Å². The summed E-state index contributed by atoms with van der Waals surface area (Å²) in [5, 5.41) is 10.9. The third kappa shape index (κ3) is 1.73. The summed E-state index contributed by atoms with van der Waals surface area (Å²) in [6, 6.07) is 0. The molecule has 0 amide bonds. The van der Waals surface area contributed by atoms with E-state index in [2.05, 4.69) is 26.8 Å². The van der Waals surface area contributed by atoms with Gasteiger partial charge in [-0.25, -0.2) is 4.79 Å². The number of ether oxygens (including phenoxy) is 3. The standard InChI is InChI=1S/C19H26O5/c1-5-6-13(20)24-15-14(21)16-19(10-22-19)18(15,4)17(3)8-7-11(2)9-12(17)23-16/h5-6,9,12,14-16,21H,7-8,10H2,1-4H3/b6-5-/t12-,14+,15-,16-,17+,18-,19+/m1/s1. The molecule has 2 aliphatic carbocycles. The Morgan fingerprint density at radius 3 is 2.79 bits per heavy atom. The number of hydrogen-bond donors (Lipinski definition) is 1. The molecule has 2 bridgehead atoms. The predicted molar refractivity (Wildman–Crippen MR) is 87.2 cm³/mol. The van der Waals surface area contributed by atoms with Gasteiger partial charge in [-0.05, 0) is 26.7 Å². The lowest BCUT2D eigenvalue weighted by Gasteiger charge is -2.57. The largest absolute Gasteiger partial charge is 0.456 e. The van der Waals surface area contributed by atoms with Crippen molar-refractivity contribution >= 4 is 5.97 Å². The Kier molecular flexibility index (Phi) is 3.35. The summed E-state index contributed by atoms with van der Waals surface area (Å²) in [6.45, 7) is 8.74. The van der Waals surface area contributed by atoms with Gasteiger partial charge in [-0.3, -0.25) is 0 Å². The van der Waals surface area contributed by atoms with E-state index in [1.165, 1.54) is 11.6 Å². The van der Waals surface area contributed by atoms with Crippen LogP contribution in [0, 0.1) is 10.8 Å². The molecule has 0 aromatic carbocycles. The number of aliphatic hydroxyl groups excluding tert-OH is 1. The van der Waals surface area contributed by atoms with Crippen molar-refractivity contribution < 1.29 is 24.1 Å². The smallest absolute Gasteiger partial charge is 0.330 e. The molecule has 1 saturated carbocycles. The fraction of sp³-hybridized carbons (Fsp3) is 0.737. The lowest BCUT2D eigenvalue weighted by atomic mass is 9.52. The molecule has 0 unspecified atom stereocenters. The molecule has 0 aromatic heterocycles. The maximum Gasteiger partial charge on any atom is 0.330 e. The number of allylic oxidation sites excluding steroid dienone is 2. The minimum atomic E-state index is -0.872. The first-order valence-corrected chi connectivity index (χ1v) is 8.78. The molecule has 0 aromatic rings. The number of aliphatic hydroxyl groups is 1. The van der Waals surface area contributed by atoms with Gasteiger partial charge in [0.05, 0.1) is 12.7 Å². The lowest BCUT2D eigenvalue weighted by molar-refractivity contribution is -0.210. The summed E-state index contributed by atoms with van der Waals surface area (Å²) in [4.78, 5) is 12.1. The van der Waals surface area contributed by atoms with Gasteiger partial charge in [0.25, 0.3) is 0 Å². The van der Waals surface area contributed by atoms with Crippen molar-refractivity contribution in [2.45, 2.75) is 70.6 Å². The Morgan fingerprint density at radius 1 is 1.46 bits per heavy atom. The predicted octanol–water partition coefficient (Wildman–Crippen LogP) is 2.14. The normalized spacial score (nSPS) is 52.3. The average molecular weight is 334 g/mol. The maximum atomic E-state index is 12.1. The summed E-state index contributed by atoms with van der Waals surface area (Å²) < 4.78 is 18.0. The van der Waals surface area contributed by atoms with Crippen molar-refractivity contribution in [3.8, 4) is 0 Å². The molecule has 4 aliphatic rings. The van der Waals surface area contributed by atoms with E-state index in [9.17, 15) is 9.90 Å². The summed E-state index contributed by atoms with van der Waals surface area (Å²) in [6.07, 6.45) is 5.09. The van der Waals surface area contributed by atoms with Gasteiger partial charge in [-0.2, -0.15) is 0 Å². The zero-order chi connectivity index (χ0) is 17.3. The number of hydrogen-bond acceptors (Lipinski definition) is 5. The lowest BCUT2D eigenvalue weighted by Crippen LogP contribution is -2.63. The van der Waals surface area contributed by atoms with Crippen LogP contribution < -0.4 is 0 Å². The molecule has 5 heteroatoms. The monoisotopic (exact) mass is 334 g/mol. The van der Waals surface area contributed by atoms with E-state index >= 15 is 0 Å². The Bertz CT molecular complexity index is 634. The van der Waals surface area contributed by atoms with E-state index in [0.29, 0.717) is 6.61 Å². The third-order valence-corrected chi connectivity index (χ3v) is 7.11. The molecule has 4 rings (SSSR count). The second kappa shape index (κ2) is 4.93. The Hall–Kier alpha value is -1.17. The maximum absolute atomic E-state index is 12.1. The van der Waals surface area contributed by atoms with Gasteiger partial charge < -0.3 is 19.3 Å². The average Bonchev–Trinajstić information content (AvgIpc) is 3.30. The number of carbonyl (C=O) groups excluding carboxylic acids is 1. The zero-order valence-electron chi connectivity index (χ0n) is 14.7. The van der Waals surface area contributed by atoms with Crippen LogP contribution in [-0.4, -0.2) is 47.7 Å². The number of epoxide rings is 1. The highest BCUT2D eigenvalue weighted by Gasteiger charge is 2.84.